The summed E-state index contributed by atoms with van der Waals surface area (Å²) in [6.45, 7) is 3.24. The Morgan fingerprint density at radius 3 is 2.77 bits per heavy atom. The van der Waals surface area contributed by atoms with Crippen LogP contribution in [-0.4, -0.2) is 35.9 Å². The minimum atomic E-state index is -0.380. The highest BCUT2D eigenvalue weighted by Gasteiger charge is 2.20. The molecule has 158 valence electrons. The summed E-state index contributed by atoms with van der Waals surface area (Å²) in [6.07, 6.45) is 6.47. The molecular weight excluding hydrogens is 417 g/mol. The Balaban J connectivity index is 1.43. The Kier molecular flexibility index (Phi) is 5.34. The molecule has 1 aliphatic carbocycles. The van der Waals surface area contributed by atoms with E-state index in [0.29, 0.717) is 23.8 Å². The molecule has 1 saturated heterocycles. The zero-order chi connectivity index (χ0) is 21.4. The Bertz CT molecular complexity index is 1230. The van der Waals surface area contributed by atoms with Gasteiger partial charge in [-0.3, -0.25) is 9.78 Å². The number of morpholine rings is 1. The number of halogens is 2. The van der Waals surface area contributed by atoms with Crippen LogP contribution in [0, 0.1) is 5.82 Å². The number of pyridine rings is 2. The number of nitrogens with zero attached hydrogens (tertiary/aromatic N) is 3. The third-order valence-electron chi connectivity index (χ3n) is 5.78. The van der Waals surface area contributed by atoms with E-state index in [1.165, 1.54) is 16.7 Å². The number of fused-ring (bicyclic) bond motifs is 1. The van der Waals surface area contributed by atoms with E-state index in [2.05, 4.69) is 22.0 Å². The lowest BCUT2D eigenvalue weighted by atomic mass is 10.0. The van der Waals surface area contributed by atoms with Crippen molar-refractivity contribution in [2.75, 3.05) is 31.2 Å². The molecule has 3 heterocycles. The molecule has 3 aromatic rings. The summed E-state index contributed by atoms with van der Waals surface area (Å²) in [4.78, 5) is 19.7. The quantitative estimate of drug-likeness (QED) is 0.621. The predicted octanol–water partition coefficient (Wildman–Crippen LogP) is 3.91. The van der Waals surface area contributed by atoms with Gasteiger partial charge in [0.1, 0.15) is 5.82 Å². The Morgan fingerprint density at radius 2 is 1.97 bits per heavy atom. The highest BCUT2D eigenvalue weighted by molar-refractivity contribution is 6.30. The van der Waals surface area contributed by atoms with Crippen LogP contribution in [0.1, 0.15) is 22.4 Å². The second-order valence-corrected chi connectivity index (χ2v) is 8.16. The van der Waals surface area contributed by atoms with Crippen molar-refractivity contribution in [2.24, 2.45) is 0 Å². The van der Waals surface area contributed by atoms with E-state index in [1.54, 1.807) is 18.3 Å². The second kappa shape index (κ2) is 8.29. The molecule has 0 N–H and O–H groups in total. The summed E-state index contributed by atoms with van der Waals surface area (Å²) < 4.78 is 21.0. The lowest BCUT2D eigenvalue weighted by Crippen LogP contribution is -2.36. The van der Waals surface area contributed by atoms with Crippen LogP contribution in [0.25, 0.3) is 5.57 Å². The topological polar surface area (TPSA) is 47.4 Å². The Labute approximate surface area is 184 Å². The van der Waals surface area contributed by atoms with Crippen molar-refractivity contribution in [1.29, 1.82) is 0 Å². The van der Waals surface area contributed by atoms with Crippen LogP contribution in [0.2, 0.25) is 5.02 Å². The first-order valence-corrected chi connectivity index (χ1v) is 10.6. The smallest absolute Gasteiger partial charge is 0.251 e. The first kappa shape index (κ1) is 20.0. The van der Waals surface area contributed by atoms with Gasteiger partial charge in [0, 0.05) is 47.9 Å². The standard InChI is InChI=1S/C24H21ClFN3O2/c25-18-1-3-22(26)17(11-18)15-29-6-5-16(12-24(29)30)20-2-4-23-21(20)13-19(14-27-23)28-7-9-31-10-8-28/h1-3,5-6,11-14H,4,7-10,15H2. The van der Waals surface area contributed by atoms with Crippen LogP contribution in [-0.2, 0) is 17.7 Å². The number of allylic oxidation sites excluding steroid dienone is 1. The van der Waals surface area contributed by atoms with E-state index < -0.39 is 0 Å². The molecule has 0 spiro atoms. The van der Waals surface area contributed by atoms with Gasteiger partial charge in [-0.15, -0.1) is 0 Å². The maximum atomic E-state index is 14.1. The van der Waals surface area contributed by atoms with E-state index >= 15 is 0 Å². The number of anilines is 1. The highest BCUT2D eigenvalue weighted by atomic mass is 35.5. The van der Waals surface area contributed by atoms with Crippen LogP contribution in [0.15, 0.2) is 59.7 Å². The fraction of sp³-hybridized carbons (Fsp3) is 0.250. The van der Waals surface area contributed by atoms with Gasteiger partial charge < -0.3 is 14.2 Å². The summed E-state index contributed by atoms with van der Waals surface area (Å²) in [7, 11) is 0. The molecule has 2 aliphatic rings. The average Bonchev–Trinajstić information content (AvgIpc) is 3.21. The predicted molar refractivity (Wildman–Crippen MR) is 119 cm³/mol. The van der Waals surface area contributed by atoms with Crippen molar-refractivity contribution in [1.82, 2.24) is 9.55 Å². The van der Waals surface area contributed by atoms with Gasteiger partial charge in [-0.05, 0) is 41.5 Å². The average molecular weight is 438 g/mol. The number of ether oxygens (including phenoxy) is 1. The second-order valence-electron chi connectivity index (χ2n) is 7.73. The summed E-state index contributed by atoms with van der Waals surface area (Å²) in [5, 5.41) is 0.442. The zero-order valence-electron chi connectivity index (χ0n) is 16.9. The third-order valence-corrected chi connectivity index (χ3v) is 6.01. The first-order valence-electron chi connectivity index (χ1n) is 10.3. The van der Waals surface area contributed by atoms with E-state index in [9.17, 15) is 9.18 Å². The molecule has 0 saturated carbocycles. The van der Waals surface area contributed by atoms with Gasteiger partial charge in [-0.2, -0.15) is 0 Å². The molecule has 1 aromatic carbocycles. The van der Waals surface area contributed by atoms with Crippen molar-refractivity contribution in [2.45, 2.75) is 13.0 Å². The van der Waals surface area contributed by atoms with Gasteiger partial charge in [-0.25, -0.2) is 4.39 Å². The molecule has 0 radical (unpaired) electrons. The summed E-state index contributed by atoms with van der Waals surface area (Å²) in [6, 6.07) is 10.0. The first-order chi connectivity index (χ1) is 15.1. The zero-order valence-corrected chi connectivity index (χ0v) is 17.6. The molecule has 1 fully saturated rings. The summed E-state index contributed by atoms with van der Waals surface area (Å²) >= 11 is 5.97. The number of rotatable bonds is 4. The van der Waals surface area contributed by atoms with Gasteiger partial charge in [0.2, 0.25) is 0 Å². The van der Waals surface area contributed by atoms with Gasteiger partial charge in [0.15, 0.2) is 0 Å². The van der Waals surface area contributed by atoms with Crippen LogP contribution in [0.3, 0.4) is 0 Å². The monoisotopic (exact) mass is 437 g/mol. The minimum absolute atomic E-state index is 0.129. The molecule has 5 rings (SSSR count). The fourth-order valence-corrected chi connectivity index (χ4v) is 4.30. The van der Waals surface area contributed by atoms with Crippen molar-refractivity contribution < 1.29 is 9.13 Å². The fourth-order valence-electron chi connectivity index (χ4n) is 4.11. The molecular formula is C24H21ClFN3O2. The van der Waals surface area contributed by atoms with Gasteiger partial charge in [0.25, 0.3) is 5.56 Å². The number of benzene rings is 1. The minimum Gasteiger partial charge on any atom is -0.378 e. The lowest BCUT2D eigenvalue weighted by molar-refractivity contribution is 0.122. The van der Waals surface area contributed by atoms with E-state index in [4.69, 9.17) is 16.3 Å². The van der Waals surface area contributed by atoms with Crippen LogP contribution >= 0.6 is 11.6 Å². The molecule has 0 atom stereocenters. The number of hydrogen-bond acceptors (Lipinski definition) is 4. The molecule has 31 heavy (non-hydrogen) atoms. The highest BCUT2D eigenvalue weighted by Crippen LogP contribution is 2.33. The van der Waals surface area contributed by atoms with Crippen LogP contribution in [0.5, 0.6) is 0 Å². The Morgan fingerprint density at radius 1 is 1.13 bits per heavy atom. The SMILES string of the molecule is O=c1cc(C2=CCc3ncc(N4CCOCC4)cc32)ccn1Cc1cc(Cl)ccc1F. The number of hydrogen-bond donors (Lipinski definition) is 0. The molecule has 1 aliphatic heterocycles. The van der Waals surface area contributed by atoms with E-state index in [-0.39, 0.29) is 17.9 Å². The molecule has 5 nitrogen and oxygen atoms in total. The van der Waals surface area contributed by atoms with Gasteiger partial charge in [0.05, 0.1) is 37.3 Å². The molecule has 0 unspecified atom stereocenters. The van der Waals surface area contributed by atoms with E-state index in [1.807, 2.05) is 12.3 Å². The molecule has 7 heteroatoms. The summed E-state index contributed by atoms with van der Waals surface area (Å²) in [5.74, 6) is -0.380. The summed E-state index contributed by atoms with van der Waals surface area (Å²) in [5.41, 5.74) is 5.18. The van der Waals surface area contributed by atoms with Crippen molar-refractivity contribution in [3.63, 3.8) is 0 Å². The maximum absolute atomic E-state index is 14.1. The van der Waals surface area contributed by atoms with Crippen LogP contribution < -0.4 is 10.5 Å². The molecule has 2 aromatic heterocycles. The number of aromatic nitrogens is 2. The maximum Gasteiger partial charge on any atom is 0.251 e. The van der Waals surface area contributed by atoms with Gasteiger partial charge in [-0.1, -0.05) is 17.7 Å². The Hall–Kier alpha value is -2.96. The normalized spacial score (nSPS) is 15.7. The molecule has 0 bridgehead atoms. The van der Waals surface area contributed by atoms with E-state index in [0.717, 1.165) is 47.6 Å². The lowest BCUT2D eigenvalue weighted by Gasteiger charge is -2.29. The largest absolute Gasteiger partial charge is 0.378 e. The third kappa shape index (κ3) is 4.01. The van der Waals surface area contributed by atoms with Gasteiger partial charge >= 0.3 is 0 Å². The molecule has 0 amide bonds. The van der Waals surface area contributed by atoms with Crippen molar-refractivity contribution >= 4 is 22.9 Å². The van der Waals surface area contributed by atoms with Crippen LogP contribution in [0.4, 0.5) is 10.1 Å². The van der Waals surface area contributed by atoms with Crippen molar-refractivity contribution in [3.05, 3.63) is 98.4 Å². The van der Waals surface area contributed by atoms with Crippen molar-refractivity contribution in [3.8, 4) is 0 Å².